The molecule has 1 aromatic carbocycles. The summed E-state index contributed by atoms with van der Waals surface area (Å²) in [5.41, 5.74) is 1.99. The number of nitrogens with one attached hydrogen (secondary N) is 1. The number of hydrogen-bond acceptors (Lipinski definition) is 2. The van der Waals surface area contributed by atoms with Crippen molar-refractivity contribution in [2.75, 3.05) is 7.05 Å². The Hall–Kier alpha value is -1.74. The van der Waals surface area contributed by atoms with Crippen LogP contribution < -0.4 is 5.32 Å². The van der Waals surface area contributed by atoms with Gasteiger partial charge in [0.15, 0.2) is 0 Å². The van der Waals surface area contributed by atoms with Crippen molar-refractivity contribution in [3.8, 4) is 0 Å². The Labute approximate surface area is 113 Å². The van der Waals surface area contributed by atoms with Gasteiger partial charge >= 0.3 is 0 Å². The van der Waals surface area contributed by atoms with Crippen LogP contribution in [-0.2, 0) is 12.8 Å². The van der Waals surface area contributed by atoms with E-state index in [0.29, 0.717) is 6.42 Å². The topological polar surface area (TPSA) is 24.9 Å². The van der Waals surface area contributed by atoms with E-state index in [0.717, 1.165) is 18.4 Å². The number of nitrogens with zero attached hydrogens (tertiary/aromatic N) is 1. The van der Waals surface area contributed by atoms with Crippen LogP contribution in [0.15, 0.2) is 48.8 Å². The van der Waals surface area contributed by atoms with E-state index >= 15 is 0 Å². The molecule has 0 spiro atoms. The van der Waals surface area contributed by atoms with E-state index in [1.54, 1.807) is 12.3 Å². The van der Waals surface area contributed by atoms with E-state index in [4.69, 9.17) is 0 Å². The van der Waals surface area contributed by atoms with Gasteiger partial charge in [-0.15, -0.1) is 0 Å². The molecular formula is C16H19FN2. The van der Waals surface area contributed by atoms with Crippen LogP contribution in [0.2, 0.25) is 0 Å². The molecule has 0 radical (unpaired) electrons. The van der Waals surface area contributed by atoms with Crippen molar-refractivity contribution in [3.05, 3.63) is 65.7 Å². The highest BCUT2D eigenvalue weighted by Gasteiger charge is 2.10. The van der Waals surface area contributed by atoms with E-state index in [-0.39, 0.29) is 11.9 Å². The first-order valence-corrected chi connectivity index (χ1v) is 6.59. The summed E-state index contributed by atoms with van der Waals surface area (Å²) in [4.78, 5) is 4.11. The molecule has 0 saturated carbocycles. The zero-order valence-electron chi connectivity index (χ0n) is 11.1. The first kappa shape index (κ1) is 13.7. The van der Waals surface area contributed by atoms with Gasteiger partial charge in [0.25, 0.3) is 0 Å². The van der Waals surface area contributed by atoms with Crippen LogP contribution in [0.5, 0.6) is 0 Å². The number of likely N-dealkylation sites (N-methyl/N-ethyl adjacent to an activating group) is 1. The summed E-state index contributed by atoms with van der Waals surface area (Å²) in [6.07, 6.45) is 6.29. The van der Waals surface area contributed by atoms with Crippen LogP contribution in [0, 0.1) is 5.82 Å². The molecule has 1 atom stereocenters. The maximum Gasteiger partial charge on any atom is 0.126 e. The molecule has 0 amide bonds. The summed E-state index contributed by atoms with van der Waals surface area (Å²) < 4.78 is 13.6. The lowest BCUT2D eigenvalue weighted by atomic mass is 9.99. The second-order valence-electron chi connectivity index (χ2n) is 4.68. The minimum atomic E-state index is -0.121. The van der Waals surface area contributed by atoms with Gasteiger partial charge in [0, 0.05) is 18.4 Å². The molecule has 2 aromatic rings. The van der Waals surface area contributed by atoms with Gasteiger partial charge in [-0.2, -0.15) is 0 Å². The van der Waals surface area contributed by atoms with Crippen molar-refractivity contribution in [2.45, 2.75) is 25.3 Å². The van der Waals surface area contributed by atoms with Gasteiger partial charge in [0.2, 0.25) is 0 Å². The Morgan fingerprint density at radius 2 is 2.05 bits per heavy atom. The number of aryl methyl sites for hydroxylation is 1. The van der Waals surface area contributed by atoms with Crippen LogP contribution in [0.3, 0.4) is 0 Å². The van der Waals surface area contributed by atoms with Crippen LogP contribution in [0.25, 0.3) is 0 Å². The van der Waals surface area contributed by atoms with Gasteiger partial charge in [-0.25, -0.2) is 4.39 Å². The monoisotopic (exact) mass is 258 g/mol. The number of halogens is 1. The fourth-order valence-electron chi connectivity index (χ4n) is 2.16. The summed E-state index contributed by atoms with van der Waals surface area (Å²) in [6.45, 7) is 0. The molecule has 1 heterocycles. The third-order valence-electron chi connectivity index (χ3n) is 3.34. The molecule has 0 fully saturated rings. The molecule has 0 saturated heterocycles. The maximum atomic E-state index is 13.6. The van der Waals surface area contributed by atoms with E-state index in [9.17, 15) is 4.39 Å². The van der Waals surface area contributed by atoms with Crippen LogP contribution >= 0.6 is 0 Å². The summed E-state index contributed by atoms with van der Waals surface area (Å²) in [5.74, 6) is -0.121. The molecule has 100 valence electrons. The van der Waals surface area contributed by atoms with Crippen molar-refractivity contribution in [2.24, 2.45) is 0 Å². The predicted molar refractivity (Wildman–Crippen MR) is 75.5 cm³/mol. The Morgan fingerprint density at radius 3 is 2.74 bits per heavy atom. The highest BCUT2D eigenvalue weighted by molar-refractivity contribution is 5.18. The minimum Gasteiger partial charge on any atom is -0.317 e. The van der Waals surface area contributed by atoms with Gasteiger partial charge in [0.05, 0.1) is 0 Å². The summed E-state index contributed by atoms with van der Waals surface area (Å²) in [6, 6.07) is 11.3. The standard InChI is InChI=1S/C16H19FN2/c1-18-15(9-8-13-5-4-10-19-12-13)11-14-6-2-3-7-16(14)17/h2-7,10,12,15,18H,8-9,11H2,1H3. The van der Waals surface area contributed by atoms with Crippen LogP contribution in [0.1, 0.15) is 17.5 Å². The molecule has 3 heteroatoms. The zero-order valence-corrected chi connectivity index (χ0v) is 11.1. The lowest BCUT2D eigenvalue weighted by Crippen LogP contribution is -2.28. The van der Waals surface area contributed by atoms with Crippen molar-refractivity contribution in [1.82, 2.24) is 10.3 Å². The fourth-order valence-corrected chi connectivity index (χ4v) is 2.16. The number of pyridine rings is 1. The second-order valence-corrected chi connectivity index (χ2v) is 4.68. The largest absolute Gasteiger partial charge is 0.317 e. The van der Waals surface area contributed by atoms with E-state index in [1.165, 1.54) is 11.6 Å². The van der Waals surface area contributed by atoms with Crippen molar-refractivity contribution in [1.29, 1.82) is 0 Å². The summed E-state index contributed by atoms with van der Waals surface area (Å²) >= 11 is 0. The first-order chi connectivity index (χ1) is 9.29. The quantitative estimate of drug-likeness (QED) is 0.861. The lowest BCUT2D eigenvalue weighted by molar-refractivity contribution is 0.504. The number of rotatable bonds is 6. The van der Waals surface area contributed by atoms with E-state index in [2.05, 4.69) is 16.4 Å². The smallest absolute Gasteiger partial charge is 0.126 e. The van der Waals surface area contributed by atoms with Crippen molar-refractivity contribution in [3.63, 3.8) is 0 Å². The molecule has 1 N–H and O–H groups in total. The molecule has 2 nitrogen and oxygen atoms in total. The van der Waals surface area contributed by atoms with Crippen LogP contribution in [-0.4, -0.2) is 18.1 Å². The molecule has 1 aromatic heterocycles. The van der Waals surface area contributed by atoms with Gasteiger partial charge in [-0.05, 0) is 49.6 Å². The average molecular weight is 258 g/mol. The van der Waals surface area contributed by atoms with Gasteiger partial charge in [-0.1, -0.05) is 24.3 Å². The molecule has 0 bridgehead atoms. The van der Waals surface area contributed by atoms with Crippen LogP contribution in [0.4, 0.5) is 4.39 Å². The Bertz CT molecular complexity index is 499. The second kappa shape index (κ2) is 7.00. The SMILES string of the molecule is CNC(CCc1cccnc1)Cc1ccccc1F. The Balaban J connectivity index is 1.92. The van der Waals surface area contributed by atoms with Crippen molar-refractivity contribution < 1.29 is 4.39 Å². The molecular weight excluding hydrogens is 239 g/mol. The third-order valence-corrected chi connectivity index (χ3v) is 3.34. The lowest BCUT2D eigenvalue weighted by Gasteiger charge is -2.16. The molecule has 1 unspecified atom stereocenters. The molecule has 2 rings (SSSR count). The Morgan fingerprint density at radius 1 is 1.21 bits per heavy atom. The number of hydrogen-bond donors (Lipinski definition) is 1. The van der Waals surface area contributed by atoms with Crippen molar-refractivity contribution >= 4 is 0 Å². The first-order valence-electron chi connectivity index (χ1n) is 6.59. The fraction of sp³-hybridized carbons (Fsp3) is 0.312. The van der Waals surface area contributed by atoms with Gasteiger partial charge < -0.3 is 5.32 Å². The molecule has 19 heavy (non-hydrogen) atoms. The highest BCUT2D eigenvalue weighted by atomic mass is 19.1. The Kier molecular flexibility index (Phi) is 5.04. The predicted octanol–water partition coefficient (Wildman–Crippen LogP) is 2.98. The maximum absolute atomic E-state index is 13.6. The van der Waals surface area contributed by atoms with Gasteiger partial charge in [-0.3, -0.25) is 4.98 Å². The normalized spacial score (nSPS) is 12.3. The number of benzene rings is 1. The molecule has 0 aliphatic rings. The number of aromatic nitrogens is 1. The molecule has 0 aliphatic carbocycles. The average Bonchev–Trinajstić information content (AvgIpc) is 2.46. The van der Waals surface area contributed by atoms with E-state index in [1.807, 2.05) is 31.4 Å². The highest BCUT2D eigenvalue weighted by Crippen LogP contribution is 2.12. The minimum absolute atomic E-state index is 0.121. The third kappa shape index (κ3) is 4.14. The summed E-state index contributed by atoms with van der Waals surface area (Å²) in [5, 5.41) is 3.26. The molecule has 0 aliphatic heterocycles. The zero-order chi connectivity index (χ0) is 13.5. The van der Waals surface area contributed by atoms with Gasteiger partial charge in [0.1, 0.15) is 5.82 Å². The summed E-state index contributed by atoms with van der Waals surface area (Å²) in [7, 11) is 1.93. The van der Waals surface area contributed by atoms with E-state index < -0.39 is 0 Å².